The summed E-state index contributed by atoms with van der Waals surface area (Å²) in [6.45, 7) is 3.84. The van der Waals surface area contributed by atoms with Crippen molar-refractivity contribution in [2.45, 2.75) is 102 Å². The molecule has 1 saturated carbocycles. The Balaban J connectivity index is 1.80. The van der Waals surface area contributed by atoms with Crippen molar-refractivity contribution >= 4 is 5.97 Å². The van der Waals surface area contributed by atoms with Crippen molar-refractivity contribution in [1.82, 2.24) is 0 Å². The van der Waals surface area contributed by atoms with Gasteiger partial charge in [0.2, 0.25) is 0 Å². The second kappa shape index (κ2) is 10.1. The molecule has 0 amide bonds. The summed E-state index contributed by atoms with van der Waals surface area (Å²) in [7, 11) is 0. The topological polar surface area (TPSA) is 26.3 Å². The highest BCUT2D eigenvalue weighted by molar-refractivity contribution is 5.89. The largest absolute Gasteiger partial charge is 0.458 e. The summed E-state index contributed by atoms with van der Waals surface area (Å²) < 4.78 is 5.56. The molecule has 2 rings (SSSR count). The second-order valence-corrected chi connectivity index (χ2v) is 7.33. The summed E-state index contributed by atoms with van der Waals surface area (Å²) in [5.74, 6) is 0.411. The van der Waals surface area contributed by atoms with Gasteiger partial charge in [-0.25, -0.2) is 4.79 Å². The molecule has 1 aliphatic heterocycles. The molecule has 0 N–H and O–H groups in total. The van der Waals surface area contributed by atoms with E-state index in [2.05, 4.69) is 6.58 Å². The Bertz CT molecular complexity index is 316. The second-order valence-electron chi connectivity index (χ2n) is 7.33. The van der Waals surface area contributed by atoms with E-state index >= 15 is 0 Å². The molecule has 0 radical (unpaired) electrons. The van der Waals surface area contributed by atoms with Crippen LogP contribution < -0.4 is 0 Å². The number of cyclic esters (lactones) is 1. The Morgan fingerprint density at radius 3 is 1.50 bits per heavy atom. The normalized spacial score (nSPS) is 27.9. The van der Waals surface area contributed by atoms with Crippen LogP contribution in [0.5, 0.6) is 0 Å². The highest BCUT2D eigenvalue weighted by atomic mass is 16.5. The lowest BCUT2D eigenvalue weighted by atomic mass is 9.88. The average Bonchev–Trinajstić information content (AvgIpc) is 2.83. The molecule has 1 atom stereocenters. The third kappa shape index (κ3) is 6.14. The molecule has 126 valence electrons. The Morgan fingerprint density at radius 2 is 1.14 bits per heavy atom. The van der Waals surface area contributed by atoms with E-state index in [1.807, 2.05) is 0 Å². The van der Waals surface area contributed by atoms with Crippen LogP contribution in [0.25, 0.3) is 0 Å². The number of carbonyl (C=O) groups is 1. The molecule has 0 spiro atoms. The lowest BCUT2D eigenvalue weighted by Gasteiger charge is -2.22. The summed E-state index contributed by atoms with van der Waals surface area (Å²) in [5.41, 5.74) is 0.681. The molecular formula is C20H34O2. The minimum Gasteiger partial charge on any atom is -0.458 e. The van der Waals surface area contributed by atoms with Gasteiger partial charge in [0.1, 0.15) is 6.10 Å². The average molecular weight is 306 g/mol. The first kappa shape index (κ1) is 17.6. The van der Waals surface area contributed by atoms with Crippen LogP contribution in [0.15, 0.2) is 12.2 Å². The minimum absolute atomic E-state index is 0.121. The van der Waals surface area contributed by atoms with Crippen LogP contribution in [0.2, 0.25) is 0 Å². The number of esters is 1. The monoisotopic (exact) mass is 306 g/mol. The smallest absolute Gasteiger partial charge is 0.333 e. The molecule has 2 heteroatoms. The van der Waals surface area contributed by atoms with Crippen LogP contribution in [0.3, 0.4) is 0 Å². The maximum atomic E-state index is 11.6. The predicted molar refractivity (Wildman–Crippen MR) is 91.8 cm³/mol. The maximum absolute atomic E-state index is 11.6. The fraction of sp³-hybridized carbons (Fsp3) is 0.850. The van der Waals surface area contributed by atoms with E-state index in [-0.39, 0.29) is 12.1 Å². The molecule has 2 nitrogen and oxygen atoms in total. The van der Waals surface area contributed by atoms with Crippen LogP contribution in [-0.4, -0.2) is 12.1 Å². The number of rotatable bonds is 1. The summed E-state index contributed by atoms with van der Waals surface area (Å²) >= 11 is 0. The van der Waals surface area contributed by atoms with E-state index in [1.165, 1.54) is 89.9 Å². The van der Waals surface area contributed by atoms with Gasteiger partial charge >= 0.3 is 5.97 Å². The highest BCUT2D eigenvalue weighted by Crippen LogP contribution is 2.32. The van der Waals surface area contributed by atoms with Crippen LogP contribution >= 0.6 is 0 Å². The maximum Gasteiger partial charge on any atom is 0.333 e. The van der Waals surface area contributed by atoms with Crippen LogP contribution in [0.1, 0.15) is 96.3 Å². The molecule has 1 unspecified atom stereocenters. The van der Waals surface area contributed by atoms with Crippen molar-refractivity contribution in [3.63, 3.8) is 0 Å². The number of carbonyl (C=O) groups excluding carboxylic acids is 1. The van der Waals surface area contributed by atoms with Gasteiger partial charge in [-0.1, -0.05) is 83.6 Å². The SMILES string of the molecule is C=C1CC(C2CCCCCCCCCCCCCC2)OC1=O. The Hall–Kier alpha value is -0.790. The summed E-state index contributed by atoms with van der Waals surface area (Å²) in [4.78, 5) is 11.6. The van der Waals surface area contributed by atoms with E-state index in [4.69, 9.17) is 4.74 Å². The van der Waals surface area contributed by atoms with Crippen molar-refractivity contribution in [2.75, 3.05) is 0 Å². The molecule has 2 fully saturated rings. The lowest BCUT2D eigenvalue weighted by molar-refractivity contribution is -0.141. The van der Waals surface area contributed by atoms with Crippen molar-refractivity contribution in [1.29, 1.82) is 0 Å². The highest BCUT2D eigenvalue weighted by Gasteiger charge is 2.33. The molecule has 2 aliphatic rings. The Morgan fingerprint density at radius 1 is 0.727 bits per heavy atom. The van der Waals surface area contributed by atoms with Crippen molar-refractivity contribution < 1.29 is 9.53 Å². The zero-order valence-corrected chi connectivity index (χ0v) is 14.3. The number of hydrogen-bond donors (Lipinski definition) is 0. The fourth-order valence-corrected chi connectivity index (χ4v) is 3.95. The first-order valence-corrected chi connectivity index (χ1v) is 9.66. The van der Waals surface area contributed by atoms with Crippen LogP contribution in [0, 0.1) is 5.92 Å². The first-order valence-electron chi connectivity index (χ1n) is 9.66. The van der Waals surface area contributed by atoms with E-state index in [9.17, 15) is 4.79 Å². The fourth-order valence-electron chi connectivity index (χ4n) is 3.95. The van der Waals surface area contributed by atoms with Crippen LogP contribution in [0.4, 0.5) is 0 Å². The van der Waals surface area contributed by atoms with Gasteiger partial charge in [0.25, 0.3) is 0 Å². The molecule has 0 aromatic heterocycles. The van der Waals surface area contributed by atoms with Gasteiger partial charge in [-0.15, -0.1) is 0 Å². The molecule has 0 aromatic carbocycles. The van der Waals surface area contributed by atoms with Crippen molar-refractivity contribution in [2.24, 2.45) is 5.92 Å². The Labute approximate surface area is 136 Å². The van der Waals surface area contributed by atoms with Gasteiger partial charge in [0.05, 0.1) is 0 Å². The summed E-state index contributed by atoms with van der Waals surface area (Å²) in [6, 6.07) is 0. The van der Waals surface area contributed by atoms with E-state index < -0.39 is 0 Å². The summed E-state index contributed by atoms with van der Waals surface area (Å²) in [5, 5.41) is 0. The Kier molecular flexibility index (Phi) is 8.04. The van der Waals surface area contributed by atoms with Crippen molar-refractivity contribution in [3.8, 4) is 0 Å². The summed E-state index contributed by atoms with van der Waals surface area (Å²) in [6.07, 6.45) is 19.9. The van der Waals surface area contributed by atoms with Gasteiger partial charge in [0.15, 0.2) is 0 Å². The predicted octanol–water partition coefficient (Wildman–Crippen LogP) is 5.95. The van der Waals surface area contributed by atoms with E-state index in [0.29, 0.717) is 11.5 Å². The molecular weight excluding hydrogens is 272 g/mol. The molecule has 0 aromatic rings. The number of ether oxygens (including phenoxy) is 1. The van der Waals surface area contributed by atoms with Gasteiger partial charge in [-0.05, 0) is 18.8 Å². The molecule has 22 heavy (non-hydrogen) atoms. The molecule has 1 aliphatic carbocycles. The molecule has 1 heterocycles. The van der Waals surface area contributed by atoms with E-state index in [1.54, 1.807) is 0 Å². The third-order valence-corrected chi connectivity index (χ3v) is 5.42. The van der Waals surface area contributed by atoms with Gasteiger partial charge in [-0.2, -0.15) is 0 Å². The standard InChI is InChI=1S/C20H34O2/c1-17-16-19(22-20(17)21)18-14-12-10-8-6-4-2-3-5-7-9-11-13-15-18/h18-19H,1-16H2. The molecule has 1 saturated heterocycles. The third-order valence-electron chi connectivity index (χ3n) is 5.42. The minimum atomic E-state index is -0.152. The first-order chi connectivity index (χ1) is 10.8. The zero-order valence-electron chi connectivity index (χ0n) is 14.3. The van der Waals surface area contributed by atoms with E-state index in [0.717, 1.165) is 6.42 Å². The van der Waals surface area contributed by atoms with Crippen LogP contribution in [-0.2, 0) is 9.53 Å². The molecule has 0 bridgehead atoms. The zero-order chi connectivity index (χ0) is 15.6. The van der Waals surface area contributed by atoms with Crippen molar-refractivity contribution in [3.05, 3.63) is 12.2 Å². The van der Waals surface area contributed by atoms with Gasteiger partial charge < -0.3 is 4.74 Å². The van der Waals surface area contributed by atoms with Gasteiger partial charge in [0, 0.05) is 12.0 Å². The number of hydrogen-bond acceptors (Lipinski definition) is 2. The quantitative estimate of drug-likeness (QED) is 0.442. The van der Waals surface area contributed by atoms with Gasteiger partial charge in [-0.3, -0.25) is 0 Å². The lowest BCUT2D eigenvalue weighted by Crippen LogP contribution is -2.20.